The summed E-state index contributed by atoms with van der Waals surface area (Å²) in [7, 11) is 1.66. The van der Waals surface area contributed by atoms with Crippen molar-refractivity contribution in [2.24, 2.45) is 0 Å². The summed E-state index contributed by atoms with van der Waals surface area (Å²) in [5.41, 5.74) is 2.12. The van der Waals surface area contributed by atoms with Gasteiger partial charge in [-0.2, -0.15) is 0 Å². The van der Waals surface area contributed by atoms with E-state index in [2.05, 4.69) is 21.2 Å². The molecule has 1 aliphatic rings. The minimum absolute atomic E-state index is 0.0175. The number of methoxy groups -OCH3 is 1. The maximum atomic E-state index is 6.15. The lowest BCUT2D eigenvalue weighted by molar-refractivity contribution is 0.296. The molecule has 4 heteroatoms. The predicted octanol–water partition coefficient (Wildman–Crippen LogP) is 3.65. The molecule has 0 radical (unpaired) electrons. The molecule has 0 spiro atoms. The van der Waals surface area contributed by atoms with Crippen LogP contribution in [0.5, 0.6) is 0 Å². The quantitative estimate of drug-likeness (QED) is 0.802. The van der Waals surface area contributed by atoms with Gasteiger partial charge in [-0.15, -0.1) is 11.6 Å². The first-order valence-corrected chi connectivity index (χ1v) is 5.99. The van der Waals surface area contributed by atoms with Gasteiger partial charge < -0.3 is 10.1 Å². The normalized spacial score (nSPS) is 22.6. The topological polar surface area (TPSA) is 21.3 Å². The molecule has 0 heterocycles. The molecule has 0 aliphatic heterocycles. The van der Waals surface area contributed by atoms with Gasteiger partial charge in [0.2, 0.25) is 0 Å². The van der Waals surface area contributed by atoms with Gasteiger partial charge in [0.1, 0.15) is 5.76 Å². The molecule has 0 aromatic carbocycles. The van der Waals surface area contributed by atoms with Crippen LogP contribution >= 0.6 is 27.5 Å². The van der Waals surface area contributed by atoms with Crippen molar-refractivity contribution in [2.75, 3.05) is 7.11 Å². The molecule has 1 rings (SSSR count). The van der Waals surface area contributed by atoms with E-state index in [1.54, 1.807) is 7.11 Å². The van der Waals surface area contributed by atoms with Crippen LogP contribution in [0.25, 0.3) is 0 Å². The Hall–Kier alpha value is -0.410. The second kappa shape index (κ2) is 5.61. The van der Waals surface area contributed by atoms with E-state index in [9.17, 15) is 0 Å². The van der Waals surface area contributed by atoms with E-state index in [1.807, 2.05) is 26.0 Å². The highest BCUT2D eigenvalue weighted by Crippen LogP contribution is 2.31. The summed E-state index contributed by atoms with van der Waals surface area (Å²) in [6.45, 7) is 4.00. The van der Waals surface area contributed by atoms with Crippen molar-refractivity contribution in [3.05, 3.63) is 33.8 Å². The second-order valence-corrected chi connectivity index (χ2v) is 4.79. The molecular weight excluding hydrogens is 277 g/mol. The molecule has 2 nitrogen and oxygen atoms in total. The van der Waals surface area contributed by atoms with Crippen molar-refractivity contribution in [3.8, 4) is 0 Å². The van der Waals surface area contributed by atoms with Gasteiger partial charge in [-0.25, -0.2) is 0 Å². The lowest BCUT2D eigenvalue weighted by Gasteiger charge is -2.22. The monoisotopic (exact) mass is 291 g/mol. The third kappa shape index (κ3) is 3.28. The highest BCUT2D eigenvalue weighted by molar-refractivity contribution is 9.11. The molecule has 1 atom stereocenters. The number of hydrogen-bond donors (Lipinski definition) is 1. The number of hydrogen-bond acceptors (Lipinski definition) is 2. The standard InChI is InChI=1S/C11H15BrClNO/c1-4-7(2)14-10-6-9(13)8(12)5-11(10)15-3/h4-5,9,14H,6H2,1-3H3/b7-4+. The summed E-state index contributed by atoms with van der Waals surface area (Å²) in [6.07, 6.45) is 4.66. The maximum absolute atomic E-state index is 6.15. The van der Waals surface area contributed by atoms with E-state index in [0.717, 1.165) is 28.1 Å². The molecule has 1 unspecified atom stereocenters. The van der Waals surface area contributed by atoms with Gasteiger partial charge in [0.15, 0.2) is 0 Å². The van der Waals surface area contributed by atoms with Crippen LogP contribution in [0.1, 0.15) is 20.3 Å². The molecule has 1 N–H and O–H groups in total. The Labute approximate surface area is 104 Å². The van der Waals surface area contributed by atoms with E-state index in [1.165, 1.54) is 0 Å². The summed E-state index contributed by atoms with van der Waals surface area (Å²) in [4.78, 5) is 0. The molecule has 84 valence electrons. The first-order chi connectivity index (χ1) is 7.08. The summed E-state index contributed by atoms with van der Waals surface area (Å²) in [6, 6.07) is 0. The third-order valence-electron chi connectivity index (χ3n) is 2.25. The summed E-state index contributed by atoms with van der Waals surface area (Å²) >= 11 is 9.56. The van der Waals surface area contributed by atoms with E-state index in [0.29, 0.717) is 0 Å². The molecular formula is C11H15BrClNO. The van der Waals surface area contributed by atoms with Crippen molar-refractivity contribution in [2.45, 2.75) is 25.6 Å². The van der Waals surface area contributed by atoms with Gasteiger partial charge in [-0.3, -0.25) is 0 Å². The van der Waals surface area contributed by atoms with Crippen molar-refractivity contribution in [1.29, 1.82) is 0 Å². The van der Waals surface area contributed by atoms with Crippen LogP contribution in [0, 0.1) is 0 Å². The largest absolute Gasteiger partial charge is 0.495 e. The van der Waals surface area contributed by atoms with Gasteiger partial charge in [0.05, 0.1) is 18.2 Å². The first kappa shape index (κ1) is 12.7. The Morgan fingerprint density at radius 2 is 2.40 bits per heavy atom. The lowest BCUT2D eigenvalue weighted by Crippen LogP contribution is -2.20. The van der Waals surface area contributed by atoms with Crippen molar-refractivity contribution >= 4 is 27.5 Å². The zero-order valence-electron chi connectivity index (χ0n) is 9.10. The maximum Gasteiger partial charge on any atom is 0.138 e. The Morgan fingerprint density at radius 1 is 1.73 bits per heavy atom. The summed E-state index contributed by atoms with van der Waals surface area (Å²) in [5.74, 6) is 0.833. The van der Waals surface area contributed by atoms with Gasteiger partial charge in [0.25, 0.3) is 0 Å². The number of rotatable bonds is 3. The summed E-state index contributed by atoms with van der Waals surface area (Å²) in [5, 5.41) is 3.27. The fourth-order valence-electron chi connectivity index (χ4n) is 1.29. The molecule has 0 bridgehead atoms. The smallest absolute Gasteiger partial charge is 0.138 e. The first-order valence-electron chi connectivity index (χ1n) is 4.76. The van der Waals surface area contributed by atoms with E-state index in [4.69, 9.17) is 16.3 Å². The van der Waals surface area contributed by atoms with Crippen LogP contribution in [-0.4, -0.2) is 12.5 Å². The Kier molecular flexibility index (Phi) is 4.74. The van der Waals surface area contributed by atoms with Crippen LogP contribution in [0.4, 0.5) is 0 Å². The van der Waals surface area contributed by atoms with Crippen molar-refractivity contribution in [1.82, 2.24) is 5.32 Å². The fraction of sp³-hybridized carbons (Fsp3) is 0.455. The summed E-state index contributed by atoms with van der Waals surface area (Å²) < 4.78 is 6.26. The van der Waals surface area contributed by atoms with Crippen molar-refractivity contribution in [3.63, 3.8) is 0 Å². The third-order valence-corrected chi connectivity index (χ3v) is 3.68. The number of allylic oxidation sites excluding steroid dienone is 5. The van der Waals surface area contributed by atoms with Gasteiger partial charge in [0, 0.05) is 16.6 Å². The number of ether oxygens (including phenoxy) is 1. The Morgan fingerprint density at radius 3 is 2.93 bits per heavy atom. The molecule has 0 aromatic heterocycles. The lowest BCUT2D eigenvalue weighted by atomic mass is 10.1. The molecule has 0 saturated carbocycles. The van der Waals surface area contributed by atoms with E-state index < -0.39 is 0 Å². The van der Waals surface area contributed by atoms with Crippen LogP contribution in [0.15, 0.2) is 33.8 Å². The van der Waals surface area contributed by atoms with Crippen LogP contribution in [0.3, 0.4) is 0 Å². The van der Waals surface area contributed by atoms with Crippen LogP contribution < -0.4 is 5.32 Å². The molecule has 0 aromatic rings. The van der Waals surface area contributed by atoms with Gasteiger partial charge in [-0.1, -0.05) is 22.0 Å². The zero-order chi connectivity index (χ0) is 11.4. The Balaban J connectivity index is 2.91. The molecule has 1 aliphatic carbocycles. The van der Waals surface area contributed by atoms with Crippen LogP contribution in [0.2, 0.25) is 0 Å². The average molecular weight is 293 g/mol. The Bertz CT molecular complexity index is 333. The zero-order valence-corrected chi connectivity index (χ0v) is 11.4. The highest BCUT2D eigenvalue weighted by Gasteiger charge is 2.20. The minimum atomic E-state index is -0.0175. The predicted molar refractivity (Wildman–Crippen MR) is 67.9 cm³/mol. The van der Waals surface area contributed by atoms with Gasteiger partial charge in [-0.05, 0) is 19.9 Å². The fourth-order valence-corrected chi connectivity index (χ4v) is 1.87. The molecule has 0 fully saturated rings. The number of halogens is 2. The van der Waals surface area contributed by atoms with Crippen molar-refractivity contribution < 1.29 is 4.74 Å². The number of nitrogens with one attached hydrogen (secondary N) is 1. The van der Waals surface area contributed by atoms with E-state index >= 15 is 0 Å². The molecule has 0 amide bonds. The molecule has 0 saturated heterocycles. The second-order valence-electron chi connectivity index (χ2n) is 3.34. The van der Waals surface area contributed by atoms with Crippen LogP contribution in [-0.2, 0) is 4.74 Å². The van der Waals surface area contributed by atoms with E-state index in [-0.39, 0.29) is 5.38 Å². The molecule has 15 heavy (non-hydrogen) atoms. The highest BCUT2D eigenvalue weighted by atomic mass is 79.9. The average Bonchev–Trinajstić information content (AvgIpc) is 2.22. The number of alkyl halides is 1. The minimum Gasteiger partial charge on any atom is -0.495 e. The SMILES string of the molecule is C/C=C(\C)NC1=C(OC)C=C(Br)C(Cl)C1. The van der Waals surface area contributed by atoms with Gasteiger partial charge >= 0.3 is 0 Å².